The zero-order valence-electron chi connectivity index (χ0n) is 5.46. The van der Waals surface area contributed by atoms with E-state index in [0.717, 1.165) is 12.8 Å². The zero-order valence-corrected chi connectivity index (χ0v) is 5.46. The second-order valence-corrected chi connectivity index (χ2v) is 2.14. The van der Waals surface area contributed by atoms with Gasteiger partial charge in [-0.25, -0.2) is 0 Å². The van der Waals surface area contributed by atoms with E-state index in [9.17, 15) is 4.79 Å². The van der Waals surface area contributed by atoms with Crippen LogP contribution < -0.4 is 0 Å². The molecule has 0 saturated heterocycles. The van der Waals surface area contributed by atoms with Gasteiger partial charge in [-0.3, -0.25) is 4.79 Å². The molecular formula is C7H10O2. The van der Waals surface area contributed by atoms with Gasteiger partial charge in [0.15, 0.2) is 0 Å². The van der Waals surface area contributed by atoms with Crippen LogP contribution in [0.15, 0.2) is 12.2 Å². The van der Waals surface area contributed by atoms with Gasteiger partial charge in [-0.2, -0.15) is 0 Å². The lowest BCUT2D eigenvalue weighted by atomic mass is 10.1. The first-order valence-corrected chi connectivity index (χ1v) is 3.09. The van der Waals surface area contributed by atoms with Crippen LogP contribution in [-0.2, 0) is 9.53 Å². The Kier molecular flexibility index (Phi) is 1.88. The number of hydrogen-bond acceptors (Lipinski definition) is 2. The number of allylic oxidation sites excluding steroid dienone is 1. The second-order valence-electron chi connectivity index (χ2n) is 2.14. The molecule has 0 aromatic carbocycles. The van der Waals surface area contributed by atoms with E-state index >= 15 is 0 Å². The van der Waals surface area contributed by atoms with Crippen molar-refractivity contribution in [3.8, 4) is 0 Å². The standard InChI is InChI=1S/C7H10O2/c1-9-7(8)6-4-2-3-5-6/h2,4,6H,3,5H2,1H3/t6-/m0/s1. The third-order valence-electron chi connectivity index (χ3n) is 1.52. The minimum absolute atomic E-state index is 0.0370. The predicted molar refractivity (Wildman–Crippen MR) is 33.9 cm³/mol. The minimum Gasteiger partial charge on any atom is -0.469 e. The Labute approximate surface area is 54.5 Å². The molecule has 0 aliphatic heterocycles. The Morgan fingerprint density at radius 1 is 1.78 bits per heavy atom. The molecule has 50 valence electrons. The van der Waals surface area contributed by atoms with E-state index in [-0.39, 0.29) is 11.9 Å². The highest BCUT2D eigenvalue weighted by Gasteiger charge is 2.17. The molecule has 1 aliphatic rings. The average Bonchev–Trinajstić information content (AvgIpc) is 2.37. The molecule has 1 aliphatic carbocycles. The largest absolute Gasteiger partial charge is 0.469 e. The van der Waals surface area contributed by atoms with Gasteiger partial charge in [0, 0.05) is 0 Å². The van der Waals surface area contributed by atoms with E-state index in [1.807, 2.05) is 12.2 Å². The van der Waals surface area contributed by atoms with Gasteiger partial charge < -0.3 is 4.74 Å². The molecule has 0 spiro atoms. The van der Waals surface area contributed by atoms with Gasteiger partial charge in [0.1, 0.15) is 0 Å². The van der Waals surface area contributed by atoms with Crippen LogP contribution in [0.4, 0.5) is 0 Å². The van der Waals surface area contributed by atoms with Gasteiger partial charge in [0.05, 0.1) is 13.0 Å². The average molecular weight is 126 g/mol. The molecule has 0 N–H and O–H groups in total. The fraction of sp³-hybridized carbons (Fsp3) is 0.571. The quantitative estimate of drug-likeness (QED) is 0.389. The molecule has 0 bridgehead atoms. The molecule has 2 heteroatoms. The Bertz CT molecular complexity index is 138. The van der Waals surface area contributed by atoms with Crippen molar-refractivity contribution in [1.29, 1.82) is 0 Å². The molecule has 0 fully saturated rings. The Morgan fingerprint density at radius 3 is 3.00 bits per heavy atom. The summed E-state index contributed by atoms with van der Waals surface area (Å²) in [5, 5.41) is 0. The van der Waals surface area contributed by atoms with Crippen LogP contribution in [0.5, 0.6) is 0 Å². The van der Waals surface area contributed by atoms with E-state index in [1.165, 1.54) is 7.11 Å². The first-order chi connectivity index (χ1) is 4.34. The first kappa shape index (κ1) is 6.33. The van der Waals surface area contributed by atoms with Gasteiger partial charge in [-0.05, 0) is 12.8 Å². The van der Waals surface area contributed by atoms with Crippen molar-refractivity contribution in [2.24, 2.45) is 5.92 Å². The maximum atomic E-state index is 10.7. The summed E-state index contributed by atoms with van der Waals surface area (Å²) in [5.74, 6) is -0.0706. The van der Waals surface area contributed by atoms with Gasteiger partial charge in [0.25, 0.3) is 0 Å². The summed E-state index contributed by atoms with van der Waals surface area (Å²) in [6.07, 6.45) is 5.86. The van der Waals surface area contributed by atoms with E-state index < -0.39 is 0 Å². The molecule has 0 radical (unpaired) electrons. The summed E-state index contributed by atoms with van der Waals surface area (Å²) in [7, 11) is 1.43. The Balaban J connectivity index is 2.43. The smallest absolute Gasteiger partial charge is 0.312 e. The topological polar surface area (TPSA) is 26.3 Å². The molecule has 9 heavy (non-hydrogen) atoms. The van der Waals surface area contributed by atoms with Crippen molar-refractivity contribution in [1.82, 2.24) is 0 Å². The predicted octanol–water partition coefficient (Wildman–Crippen LogP) is 1.13. The van der Waals surface area contributed by atoms with E-state index in [0.29, 0.717) is 0 Å². The summed E-state index contributed by atoms with van der Waals surface area (Å²) < 4.78 is 4.54. The maximum Gasteiger partial charge on any atom is 0.312 e. The summed E-state index contributed by atoms with van der Waals surface area (Å²) in [5.41, 5.74) is 0. The van der Waals surface area contributed by atoms with Crippen LogP contribution in [0.3, 0.4) is 0 Å². The van der Waals surface area contributed by atoms with Crippen LogP contribution in [0, 0.1) is 5.92 Å². The highest BCUT2D eigenvalue weighted by molar-refractivity contribution is 5.74. The summed E-state index contributed by atoms with van der Waals surface area (Å²) in [6.45, 7) is 0. The van der Waals surface area contributed by atoms with Crippen LogP contribution in [-0.4, -0.2) is 13.1 Å². The number of esters is 1. The lowest BCUT2D eigenvalue weighted by Gasteiger charge is -2.02. The van der Waals surface area contributed by atoms with Crippen molar-refractivity contribution in [2.45, 2.75) is 12.8 Å². The third kappa shape index (κ3) is 1.31. The lowest BCUT2D eigenvalue weighted by Crippen LogP contribution is -2.10. The molecule has 0 unspecified atom stereocenters. The fourth-order valence-electron chi connectivity index (χ4n) is 0.980. The molecule has 0 amide bonds. The van der Waals surface area contributed by atoms with Gasteiger partial charge in [-0.15, -0.1) is 0 Å². The van der Waals surface area contributed by atoms with Crippen molar-refractivity contribution >= 4 is 5.97 Å². The van der Waals surface area contributed by atoms with Gasteiger partial charge in [0.2, 0.25) is 0 Å². The number of hydrogen-bond donors (Lipinski definition) is 0. The zero-order chi connectivity index (χ0) is 6.69. The van der Waals surface area contributed by atoms with Crippen LogP contribution in [0.2, 0.25) is 0 Å². The summed E-state index contributed by atoms with van der Waals surface area (Å²) >= 11 is 0. The van der Waals surface area contributed by atoms with Crippen molar-refractivity contribution in [2.75, 3.05) is 7.11 Å². The number of carbonyl (C=O) groups is 1. The molecule has 0 saturated carbocycles. The molecule has 0 heterocycles. The fourth-order valence-corrected chi connectivity index (χ4v) is 0.980. The summed E-state index contributed by atoms with van der Waals surface area (Å²) in [4.78, 5) is 10.7. The van der Waals surface area contributed by atoms with Gasteiger partial charge >= 0.3 is 5.97 Å². The van der Waals surface area contributed by atoms with Gasteiger partial charge in [-0.1, -0.05) is 12.2 Å². The normalized spacial score (nSPS) is 24.3. The number of ether oxygens (including phenoxy) is 1. The Hall–Kier alpha value is -0.790. The monoisotopic (exact) mass is 126 g/mol. The first-order valence-electron chi connectivity index (χ1n) is 3.09. The Morgan fingerprint density at radius 2 is 2.56 bits per heavy atom. The van der Waals surface area contributed by atoms with E-state index in [1.54, 1.807) is 0 Å². The van der Waals surface area contributed by atoms with E-state index in [4.69, 9.17) is 0 Å². The van der Waals surface area contributed by atoms with Crippen molar-refractivity contribution in [3.63, 3.8) is 0 Å². The molecular weight excluding hydrogens is 116 g/mol. The molecule has 1 atom stereocenters. The molecule has 1 rings (SSSR count). The number of rotatable bonds is 1. The van der Waals surface area contributed by atoms with Crippen molar-refractivity contribution in [3.05, 3.63) is 12.2 Å². The molecule has 0 aromatic rings. The van der Waals surface area contributed by atoms with E-state index in [2.05, 4.69) is 4.74 Å². The number of carbonyl (C=O) groups excluding carboxylic acids is 1. The highest BCUT2D eigenvalue weighted by atomic mass is 16.5. The minimum atomic E-state index is -0.108. The number of methoxy groups -OCH3 is 1. The van der Waals surface area contributed by atoms with Crippen LogP contribution in [0.25, 0.3) is 0 Å². The van der Waals surface area contributed by atoms with Crippen LogP contribution in [0.1, 0.15) is 12.8 Å². The molecule has 2 nitrogen and oxygen atoms in total. The SMILES string of the molecule is COC(=O)[C@H]1C=CCC1. The molecule has 0 aromatic heterocycles. The second kappa shape index (κ2) is 2.67. The summed E-state index contributed by atoms with van der Waals surface area (Å²) in [6, 6.07) is 0. The van der Waals surface area contributed by atoms with Crippen LogP contribution >= 0.6 is 0 Å². The highest BCUT2D eigenvalue weighted by Crippen LogP contribution is 2.17. The maximum absolute atomic E-state index is 10.7. The van der Waals surface area contributed by atoms with Crippen molar-refractivity contribution < 1.29 is 9.53 Å². The lowest BCUT2D eigenvalue weighted by molar-refractivity contribution is -0.143. The third-order valence-corrected chi connectivity index (χ3v) is 1.52.